The van der Waals surface area contributed by atoms with Crippen LogP contribution in [0.5, 0.6) is 0 Å². The smallest absolute Gasteiger partial charge is 0.273 e. The molecule has 220 valence electrons. The van der Waals surface area contributed by atoms with Crippen LogP contribution in [0.2, 0.25) is 0 Å². The molecule has 3 aromatic rings. The maximum absolute atomic E-state index is 13.8. The molecule has 2 aliphatic heterocycles. The first-order valence-electron chi connectivity index (χ1n) is 14.3. The van der Waals surface area contributed by atoms with Crippen LogP contribution in [0.15, 0.2) is 53.6 Å². The van der Waals surface area contributed by atoms with Crippen molar-refractivity contribution < 1.29 is 13.2 Å². The van der Waals surface area contributed by atoms with Crippen LogP contribution >= 0.6 is 0 Å². The number of anilines is 2. The zero-order chi connectivity index (χ0) is 30.0. The van der Waals surface area contributed by atoms with E-state index in [4.69, 9.17) is 10.1 Å². The van der Waals surface area contributed by atoms with E-state index in [1.807, 2.05) is 47.9 Å². The Kier molecular flexibility index (Phi) is 8.48. The SMILES string of the molecule is Cc1cc(C)c(C(=O)N2CCN(c3ncccc3S(N)(=O)=O)C[C@@H]2C)nc1CC1CCN(c2ccccc2C#N)CC1. The van der Waals surface area contributed by atoms with Gasteiger partial charge in [-0.3, -0.25) is 4.79 Å². The van der Waals surface area contributed by atoms with E-state index in [0.29, 0.717) is 42.6 Å². The van der Waals surface area contributed by atoms with Crippen molar-refractivity contribution in [2.75, 3.05) is 42.5 Å². The van der Waals surface area contributed by atoms with Gasteiger partial charge >= 0.3 is 0 Å². The lowest BCUT2D eigenvalue weighted by atomic mass is 9.90. The third-order valence-electron chi connectivity index (χ3n) is 8.42. The molecule has 0 unspecified atom stereocenters. The predicted octanol–water partition coefficient (Wildman–Crippen LogP) is 3.42. The number of primary sulfonamides is 1. The Hall–Kier alpha value is -4.01. The number of sulfonamides is 1. The van der Waals surface area contributed by atoms with Crippen LogP contribution in [0, 0.1) is 31.1 Å². The molecule has 1 atom stereocenters. The number of amides is 1. The molecule has 0 radical (unpaired) electrons. The average Bonchev–Trinajstić information content (AvgIpc) is 2.98. The molecule has 2 aromatic heterocycles. The lowest BCUT2D eigenvalue weighted by Gasteiger charge is -2.40. The number of piperazine rings is 1. The van der Waals surface area contributed by atoms with Crippen LogP contribution in [0.25, 0.3) is 0 Å². The van der Waals surface area contributed by atoms with E-state index in [0.717, 1.165) is 54.9 Å². The summed E-state index contributed by atoms with van der Waals surface area (Å²) in [6.45, 7) is 8.96. The lowest BCUT2D eigenvalue weighted by molar-refractivity contribution is 0.0666. The first kappa shape index (κ1) is 29.5. The van der Waals surface area contributed by atoms with Gasteiger partial charge in [-0.25, -0.2) is 23.5 Å². The number of rotatable bonds is 6. The summed E-state index contributed by atoms with van der Waals surface area (Å²) in [7, 11) is -3.93. The third-order valence-corrected chi connectivity index (χ3v) is 9.35. The standard InChI is InChI=1S/C31H37N7O3S/c1-21-17-22(2)29(35-26(21)18-24-10-13-36(14-11-24)27-8-5-4-7-25(27)19-32)31(39)38-16-15-37(20-23(38)3)30-28(42(33,40)41)9-6-12-34-30/h4-9,12,17,23-24H,10-11,13-16,18,20H2,1-3H3,(H2,33,40,41)/t23-/m0/s1. The highest BCUT2D eigenvalue weighted by molar-refractivity contribution is 7.89. The number of hydrogen-bond donors (Lipinski definition) is 1. The molecule has 0 bridgehead atoms. The van der Waals surface area contributed by atoms with Crippen molar-refractivity contribution in [3.63, 3.8) is 0 Å². The van der Waals surface area contributed by atoms with Crippen LogP contribution in [-0.2, 0) is 16.4 Å². The zero-order valence-electron chi connectivity index (χ0n) is 24.3. The molecule has 2 aliphatic rings. The quantitative estimate of drug-likeness (QED) is 0.463. The molecule has 11 heteroatoms. The van der Waals surface area contributed by atoms with Gasteiger partial charge in [0, 0.05) is 50.7 Å². The third kappa shape index (κ3) is 6.10. The summed E-state index contributed by atoms with van der Waals surface area (Å²) in [5.41, 5.74) is 5.06. The molecule has 2 N–H and O–H groups in total. The fraction of sp³-hybridized carbons (Fsp3) is 0.419. The summed E-state index contributed by atoms with van der Waals surface area (Å²) >= 11 is 0. The van der Waals surface area contributed by atoms with Crippen LogP contribution in [-0.4, -0.2) is 68.0 Å². The lowest BCUT2D eigenvalue weighted by Crippen LogP contribution is -2.54. The Morgan fingerprint density at radius 3 is 2.48 bits per heavy atom. The van der Waals surface area contributed by atoms with Crippen LogP contribution in [0.1, 0.15) is 52.6 Å². The Bertz CT molecular complexity index is 1630. The number of para-hydroxylation sites is 1. The number of aromatic nitrogens is 2. The van der Waals surface area contributed by atoms with Gasteiger partial charge in [-0.2, -0.15) is 5.26 Å². The number of aryl methyl sites for hydroxylation is 2. The van der Waals surface area contributed by atoms with E-state index in [-0.39, 0.29) is 16.8 Å². The zero-order valence-corrected chi connectivity index (χ0v) is 25.1. The predicted molar refractivity (Wildman–Crippen MR) is 162 cm³/mol. The maximum atomic E-state index is 13.8. The van der Waals surface area contributed by atoms with E-state index in [1.54, 1.807) is 12.3 Å². The van der Waals surface area contributed by atoms with Crippen LogP contribution in [0.3, 0.4) is 0 Å². The Labute approximate surface area is 247 Å². The average molecular weight is 588 g/mol. The largest absolute Gasteiger partial charge is 0.370 e. The number of piperidine rings is 1. The molecular formula is C31H37N7O3S. The van der Waals surface area contributed by atoms with Crippen LogP contribution < -0.4 is 14.9 Å². The molecule has 10 nitrogen and oxygen atoms in total. The van der Waals surface area contributed by atoms with E-state index in [1.165, 1.54) is 6.07 Å². The number of carbonyl (C=O) groups is 1. The summed E-state index contributed by atoms with van der Waals surface area (Å²) in [4.78, 5) is 29.0. The molecule has 4 heterocycles. The highest BCUT2D eigenvalue weighted by Crippen LogP contribution is 2.29. The van der Waals surface area contributed by atoms with Crippen molar-refractivity contribution in [2.24, 2.45) is 11.1 Å². The summed E-state index contributed by atoms with van der Waals surface area (Å²) in [6.07, 6.45) is 4.33. The number of pyridine rings is 2. The van der Waals surface area contributed by atoms with Gasteiger partial charge in [0.25, 0.3) is 5.91 Å². The highest BCUT2D eigenvalue weighted by atomic mass is 32.2. The van der Waals surface area contributed by atoms with Gasteiger partial charge in [-0.15, -0.1) is 0 Å². The Morgan fingerprint density at radius 2 is 1.79 bits per heavy atom. The number of nitriles is 1. The number of hydrogen-bond acceptors (Lipinski definition) is 8. The van der Waals surface area contributed by atoms with Gasteiger partial charge in [-0.1, -0.05) is 18.2 Å². The minimum absolute atomic E-state index is 0.0160. The molecule has 1 amide bonds. The summed E-state index contributed by atoms with van der Waals surface area (Å²) in [5.74, 6) is 0.644. The second kappa shape index (κ2) is 12.1. The van der Waals surface area contributed by atoms with Crippen molar-refractivity contribution in [3.8, 4) is 6.07 Å². The Balaban J connectivity index is 1.27. The van der Waals surface area contributed by atoms with Crippen molar-refractivity contribution in [1.82, 2.24) is 14.9 Å². The van der Waals surface area contributed by atoms with Gasteiger partial charge in [0.2, 0.25) is 10.0 Å². The molecule has 1 aromatic carbocycles. The van der Waals surface area contributed by atoms with Crippen molar-refractivity contribution >= 4 is 27.4 Å². The van der Waals surface area contributed by atoms with Gasteiger partial charge in [-0.05, 0) is 81.3 Å². The normalized spacial score (nSPS) is 18.2. The fourth-order valence-corrected chi connectivity index (χ4v) is 6.84. The van der Waals surface area contributed by atoms with Crippen molar-refractivity contribution in [3.05, 3.63) is 76.7 Å². The van der Waals surface area contributed by atoms with Gasteiger partial charge in [0.1, 0.15) is 22.5 Å². The highest BCUT2D eigenvalue weighted by Gasteiger charge is 2.32. The number of nitrogens with zero attached hydrogens (tertiary/aromatic N) is 6. The number of carbonyl (C=O) groups excluding carboxylic acids is 1. The molecule has 2 saturated heterocycles. The molecule has 0 spiro atoms. The fourth-order valence-electron chi connectivity index (χ4n) is 6.14. The second-order valence-corrected chi connectivity index (χ2v) is 12.9. The maximum Gasteiger partial charge on any atom is 0.273 e. The van der Waals surface area contributed by atoms with Gasteiger partial charge in [0.05, 0.1) is 11.3 Å². The molecule has 0 saturated carbocycles. The number of benzene rings is 1. The summed E-state index contributed by atoms with van der Waals surface area (Å²) in [5, 5.41) is 14.9. The minimum Gasteiger partial charge on any atom is -0.370 e. The van der Waals surface area contributed by atoms with E-state index < -0.39 is 10.0 Å². The summed E-state index contributed by atoms with van der Waals surface area (Å²) < 4.78 is 24.2. The summed E-state index contributed by atoms with van der Waals surface area (Å²) in [6, 6.07) is 14.9. The van der Waals surface area contributed by atoms with Gasteiger partial charge in [0.15, 0.2) is 0 Å². The molecular weight excluding hydrogens is 550 g/mol. The van der Waals surface area contributed by atoms with E-state index in [9.17, 15) is 18.5 Å². The second-order valence-electron chi connectivity index (χ2n) is 11.3. The molecule has 0 aliphatic carbocycles. The van der Waals surface area contributed by atoms with Gasteiger partial charge < -0.3 is 14.7 Å². The Morgan fingerprint density at radius 1 is 1.05 bits per heavy atom. The minimum atomic E-state index is -3.93. The molecule has 2 fully saturated rings. The van der Waals surface area contributed by atoms with Crippen LogP contribution in [0.4, 0.5) is 11.5 Å². The monoisotopic (exact) mass is 587 g/mol. The first-order valence-corrected chi connectivity index (χ1v) is 15.9. The molecule has 5 rings (SSSR count). The topological polar surface area (TPSA) is 137 Å². The van der Waals surface area contributed by atoms with E-state index >= 15 is 0 Å². The van der Waals surface area contributed by atoms with Crippen molar-refractivity contribution in [2.45, 2.75) is 51.0 Å². The number of nitrogens with two attached hydrogens (primary N) is 1. The first-order chi connectivity index (χ1) is 20.1. The molecule has 42 heavy (non-hydrogen) atoms. The van der Waals surface area contributed by atoms with Crippen molar-refractivity contribution in [1.29, 1.82) is 5.26 Å². The van der Waals surface area contributed by atoms with E-state index in [2.05, 4.69) is 28.9 Å².